The van der Waals surface area contributed by atoms with Gasteiger partial charge >= 0.3 is 6.09 Å². The van der Waals surface area contributed by atoms with Crippen LogP contribution >= 0.6 is 0 Å². The van der Waals surface area contributed by atoms with E-state index < -0.39 is 32.2 Å². The van der Waals surface area contributed by atoms with Gasteiger partial charge in [0.25, 0.3) is 0 Å². The standard InChI is InChI=1S/C27H43FN2O6Si/c1-27(2,3)37(5,6)35-17-18-9-11-20(12-10-18)36-24-15-23(34-4)19(14-21(24)28)16-29-25(31)22-8-7-13-30(22)26(32)33/h14-15,18,20,22H,7-13,16-17H2,1-6H3,(H,29,31)(H,32,33). The van der Waals surface area contributed by atoms with E-state index >= 15 is 0 Å². The Labute approximate surface area is 221 Å². The molecule has 0 spiro atoms. The van der Waals surface area contributed by atoms with E-state index in [4.69, 9.17) is 13.9 Å². The number of benzene rings is 1. The molecule has 0 radical (unpaired) electrons. The molecule has 37 heavy (non-hydrogen) atoms. The molecule has 0 aromatic heterocycles. The first-order chi connectivity index (χ1) is 17.3. The number of carboxylic acid groups (broad SMARTS) is 1. The van der Waals surface area contributed by atoms with Crippen LogP contribution in [0.3, 0.4) is 0 Å². The van der Waals surface area contributed by atoms with Crippen molar-refractivity contribution in [3.63, 3.8) is 0 Å². The number of likely N-dealkylation sites (tertiary alicyclic amines) is 1. The van der Waals surface area contributed by atoms with Gasteiger partial charge in [0.2, 0.25) is 5.91 Å². The predicted octanol–water partition coefficient (Wildman–Crippen LogP) is 5.55. The summed E-state index contributed by atoms with van der Waals surface area (Å²) >= 11 is 0. The molecule has 2 fully saturated rings. The minimum absolute atomic E-state index is 0.0303. The molecule has 1 aromatic carbocycles. The average Bonchev–Trinajstić information content (AvgIpc) is 3.33. The molecule has 1 saturated heterocycles. The van der Waals surface area contributed by atoms with E-state index in [0.717, 1.165) is 37.2 Å². The number of carbonyl (C=O) groups is 2. The second kappa shape index (κ2) is 12.0. The summed E-state index contributed by atoms with van der Waals surface area (Å²) in [5.41, 5.74) is 0.465. The van der Waals surface area contributed by atoms with E-state index in [2.05, 4.69) is 39.2 Å². The largest absolute Gasteiger partial charge is 0.496 e. The van der Waals surface area contributed by atoms with Crippen molar-refractivity contribution in [3.05, 3.63) is 23.5 Å². The Bertz CT molecular complexity index is 959. The van der Waals surface area contributed by atoms with Crippen molar-refractivity contribution in [2.45, 2.75) is 96.1 Å². The zero-order valence-corrected chi connectivity index (χ0v) is 24.1. The number of hydrogen-bond acceptors (Lipinski definition) is 5. The van der Waals surface area contributed by atoms with Crippen LogP contribution in [0.4, 0.5) is 9.18 Å². The summed E-state index contributed by atoms with van der Waals surface area (Å²) in [6, 6.07) is 2.12. The third kappa shape index (κ3) is 7.37. The fraction of sp³-hybridized carbons (Fsp3) is 0.704. The Hall–Kier alpha value is -2.33. The van der Waals surface area contributed by atoms with Gasteiger partial charge in [-0.3, -0.25) is 9.69 Å². The number of nitrogens with one attached hydrogen (secondary N) is 1. The molecule has 1 heterocycles. The topological polar surface area (TPSA) is 97.3 Å². The first-order valence-electron chi connectivity index (χ1n) is 13.3. The fourth-order valence-electron chi connectivity index (χ4n) is 4.70. The van der Waals surface area contributed by atoms with Gasteiger partial charge in [0.1, 0.15) is 11.8 Å². The lowest BCUT2D eigenvalue weighted by Crippen LogP contribution is -2.45. The maximum Gasteiger partial charge on any atom is 0.407 e. The van der Waals surface area contributed by atoms with E-state index in [9.17, 15) is 19.1 Å². The van der Waals surface area contributed by atoms with Crippen molar-refractivity contribution >= 4 is 20.3 Å². The van der Waals surface area contributed by atoms with Crippen molar-refractivity contribution < 1.29 is 33.0 Å². The number of carbonyl (C=O) groups excluding carboxylic acids is 1. The van der Waals surface area contributed by atoms with Gasteiger partial charge in [-0.05, 0) is 68.6 Å². The normalized spacial score (nSPS) is 22.6. The van der Waals surface area contributed by atoms with Crippen LogP contribution in [0, 0.1) is 11.7 Å². The second-order valence-electron chi connectivity index (χ2n) is 11.8. The zero-order chi connectivity index (χ0) is 27.4. The van der Waals surface area contributed by atoms with Gasteiger partial charge < -0.3 is 24.3 Å². The molecule has 1 atom stereocenters. The third-order valence-electron chi connectivity index (χ3n) is 8.16. The minimum atomic E-state index is -1.77. The van der Waals surface area contributed by atoms with Crippen molar-refractivity contribution in [2.75, 3.05) is 20.3 Å². The Kier molecular flexibility index (Phi) is 9.50. The summed E-state index contributed by atoms with van der Waals surface area (Å²) in [5.74, 6) is 0.144. The lowest BCUT2D eigenvalue weighted by atomic mass is 9.88. The Balaban J connectivity index is 1.53. The lowest BCUT2D eigenvalue weighted by molar-refractivity contribution is -0.125. The zero-order valence-electron chi connectivity index (χ0n) is 23.1. The molecule has 1 saturated carbocycles. The van der Waals surface area contributed by atoms with Crippen LogP contribution in [0.15, 0.2) is 12.1 Å². The minimum Gasteiger partial charge on any atom is -0.496 e. The number of halogens is 1. The quantitative estimate of drug-likeness (QED) is 0.400. The maximum absolute atomic E-state index is 15.0. The van der Waals surface area contributed by atoms with Gasteiger partial charge in [-0.1, -0.05) is 20.8 Å². The molecule has 10 heteroatoms. The molecule has 2 amide bonds. The third-order valence-corrected chi connectivity index (χ3v) is 12.7. The lowest BCUT2D eigenvalue weighted by Gasteiger charge is -2.38. The van der Waals surface area contributed by atoms with E-state index in [1.165, 1.54) is 19.2 Å². The van der Waals surface area contributed by atoms with Crippen LogP contribution in [0.1, 0.15) is 64.9 Å². The highest BCUT2D eigenvalue weighted by atomic mass is 28.4. The molecule has 2 N–H and O–H groups in total. The average molecular weight is 539 g/mol. The Morgan fingerprint density at radius 1 is 1.14 bits per heavy atom. The molecule has 1 aromatic rings. The Morgan fingerprint density at radius 3 is 2.41 bits per heavy atom. The number of nitrogens with zero attached hydrogens (tertiary/aromatic N) is 1. The van der Waals surface area contributed by atoms with Crippen molar-refractivity contribution in [2.24, 2.45) is 5.92 Å². The summed E-state index contributed by atoms with van der Waals surface area (Å²) < 4.78 is 32.8. The number of ether oxygens (including phenoxy) is 2. The summed E-state index contributed by atoms with van der Waals surface area (Å²) in [5, 5.41) is 12.2. The van der Waals surface area contributed by atoms with Crippen LogP contribution < -0.4 is 14.8 Å². The smallest absolute Gasteiger partial charge is 0.407 e. The molecule has 8 nitrogen and oxygen atoms in total. The first kappa shape index (κ1) is 29.2. The highest BCUT2D eigenvalue weighted by Crippen LogP contribution is 2.38. The summed E-state index contributed by atoms with van der Waals surface area (Å²) in [7, 11) is -0.285. The van der Waals surface area contributed by atoms with Crippen LogP contribution in [0.5, 0.6) is 11.5 Å². The molecule has 1 unspecified atom stereocenters. The molecule has 1 aliphatic heterocycles. The second-order valence-corrected chi connectivity index (χ2v) is 16.6. The van der Waals surface area contributed by atoms with Crippen molar-refractivity contribution in [3.8, 4) is 11.5 Å². The number of amides is 2. The van der Waals surface area contributed by atoms with E-state index in [0.29, 0.717) is 36.6 Å². The van der Waals surface area contributed by atoms with Gasteiger partial charge in [-0.2, -0.15) is 0 Å². The van der Waals surface area contributed by atoms with E-state index in [1.54, 1.807) is 0 Å². The summed E-state index contributed by atoms with van der Waals surface area (Å²) in [6.45, 7) is 12.4. The highest BCUT2D eigenvalue weighted by Gasteiger charge is 2.38. The SMILES string of the molecule is COc1cc(OC2CCC(CO[Si](C)(C)C(C)(C)C)CC2)c(F)cc1CNC(=O)C1CCCN1C(=O)O. The van der Waals surface area contributed by atoms with Gasteiger partial charge in [0, 0.05) is 31.3 Å². The molecule has 2 aliphatic rings. The highest BCUT2D eigenvalue weighted by molar-refractivity contribution is 6.74. The predicted molar refractivity (Wildman–Crippen MR) is 142 cm³/mol. The first-order valence-corrected chi connectivity index (χ1v) is 16.2. The van der Waals surface area contributed by atoms with Crippen LogP contribution in [0.25, 0.3) is 0 Å². The van der Waals surface area contributed by atoms with Crippen LogP contribution in [-0.4, -0.2) is 62.7 Å². The van der Waals surface area contributed by atoms with E-state index in [1.807, 2.05) is 0 Å². The maximum atomic E-state index is 15.0. The summed E-state index contributed by atoms with van der Waals surface area (Å²) in [6.07, 6.45) is 3.58. The van der Waals surface area contributed by atoms with Crippen LogP contribution in [0.2, 0.25) is 18.1 Å². The van der Waals surface area contributed by atoms with Gasteiger partial charge in [0.15, 0.2) is 19.9 Å². The van der Waals surface area contributed by atoms with Gasteiger partial charge in [-0.15, -0.1) is 0 Å². The van der Waals surface area contributed by atoms with Gasteiger partial charge in [-0.25, -0.2) is 9.18 Å². The van der Waals surface area contributed by atoms with Crippen molar-refractivity contribution in [1.82, 2.24) is 10.2 Å². The molecule has 0 bridgehead atoms. The van der Waals surface area contributed by atoms with Gasteiger partial charge in [0.05, 0.1) is 13.2 Å². The molecular weight excluding hydrogens is 495 g/mol. The molecule has 1 aliphatic carbocycles. The number of rotatable bonds is 9. The number of methoxy groups -OCH3 is 1. The van der Waals surface area contributed by atoms with Crippen molar-refractivity contribution in [1.29, 1.82) is 0 Å². The Morgan fingerprint density at radius 2 is 1.81 bits per heavy atom. The molecule has 3 rings (SSSR count). The van der Waals surface area contributed by atoms with Crippen LogP contribution in [-0.2, 0) is 15.8 Å². The summed E-state index contributed by atoms with van der Waals surface area (Å²) in [4.78, 5) is 25.0. The van der Waals surface area contributed by atoms with E-state index in [-0.39, 0.29) is 23.4 Å². The fourth-order valence-corrected chi connectivity index (χ4v) is 5.79. The number of hydrogen-bond donors (Lipinski definition) is 2. The molecular formula is C27H43FN2O6Si. The monoisotopic (exact) mass is 538 g/mol. The molecule has 208 valence electrons.